The Bertz CT molecular complexity index is 514. The topological polar surface area (TPSA) is 43.8 Å². The molecule has 0 atom stereocenters. The zero-order valence-corrected chi connectivity index (χ0v) is 11.5. The molecule has 96 valence electrons. The van der Waals surface area contributed by atoms with E-state index in [0.717, 1.165) is 22.8 Å². The summed E-state index contributed by atoms with van der Waals surface area (Å²) >= 11 is 5.91. The maximum absolute atomic E-state index is 5.91. The van der Waals surface area contributed by atoms with Crippen molar-refractivity contribution in [3.05, 3.63) is 46.7 Å². The first-order valence-electron chi connectivity index (χ1n) is 6.16. The zero-order chi connectivity index (χ0) is 13.1. The highest BCUT2D eigenvalue weighted by Crippen LogP contribution is 2.21. The molecule has 2 aromatic rings. The Kier molecular flexibility index (Phi) is 4.04. The first-order chi connectivity index (χ1) is 8.61. The fourth-order valence-corrected chi connectivity index (χ4v) is 2.04. The normalized spacial score (nSPS) is 11.2. The van der Waals surface area contributed by atoms with Crippen LogP contribution in [-0.2, 0) is 6.42 Å². The average Bonchev–Trinajstić information content (AvgIpc) is 2.75. The van der Waals surface area contributed by atoms with E-state index in [1.807, 2.05) is 28.9 Å². The molecule has 0 radical (unpaired) electrons. The van der Waals surface area contributed by atoms with Crippen LogP contribution >= 0.6 is 11.6 Å². The molecule has 1 aromatic heterocycles. The van der Waals surface area contributed by atoms with Crippen LogP contribution in [0.4, 0.5) is 0 Å². The summed E-state index contributed by atoms with van der Waals surface area (Å²) in [6.45, 7) is 4.94. The Morgan fingerprint density at radius 1 is 1.28 bits per heavy atom. The Labute approximate surface area is 113 Å². The molecule has 1 heterocycles. The van der Waals surface area contributed by atoms with Crippen LogP contribution in [-0.4, -0.2) is 16.3 Å². The highest BCUT2D eigenvalue weighted by molar-refractivity contribution is 6.30. The quantitative estimate of drug-likeness (QED) is 0.921. The van der Waals surface area contributed by atoms with Crippen molar-refractivity contribution in [2.45, 2.75) is 26.2 Å². The third-order valence-electron chi connectivity index (χ3n) is 2.85. The van der Waals surface area contributed by atoms with E-state index in [0.29, 0.717) is 12.5 Å². The standard InChI is InChI=1S/C14H18ClN3/c1-10(2)14-9-12(7-8-16)17-18(14)13-5-3-11(15)4-6-13/h3-6,9-10H,7-8,16H2,1-2H3. The smallest absolute Gasteiger partial charge is 0.0650 e. The summed E-state index contributed by atoms with van der Waals surface area (Å²) in [6, 6.07) is 9.85. The van der Waals surface area contributed by atoms with Gasteiger partial charge in [0.15, 0.2) is 0 Å². The van der Waals surface area contributed by atoms with Crippen molar-refractivity contribution in [3.63, 3.8) is 0 Å². The van der Waals surface area contributed by atoms with E-state index in [4.69, 9.17) is 17.3 Å². The molecule has 18 heavy (non-hydrogen) atoms. The van der Waals surface area contributed by atoms with Crippen LogP contribution in [0.1, 0.15) is 31.2 Å². The van der Waals surface area contributed by atoms with Gasteiger partial charge >= 0.3 is 0 Å². The molecule has 0 saturated heterocycles. The van der Waals surface area contributed by atoms with Gasteiger partial charge in [-0.1, -0.05) is 25.4 Å². The number of hydrogen-bond acceptors (Lipinski definition) is 2. The second-order valence-corrected chi connectivity index (χ2v) is 5.08. The summed E-state index contributed by atoms with van der Waals surface area (Å²) in [5.41, 5.74) is 8.85. The molecule has 0 fully saturated rings. The molecule has 4 heteroatoms. The van der Waals surface area contributed by atoms with Crippen molar-refractivity contribution < 1.29 is 0 Å². The number of hydrogen-bond donors (Lipinski definition) is 1. The predicted molar refractivity (Wildman–Crippen MR) is 75.4 cm³/mol. The summed E-state index contributed by atoms with van der Waals surface area (Å²) in [6.07, 6.45) is 0.806. The minimum atomic E-state index is 0.416. The van der Waals surface area contributed by atoms with Gasteiger partial charge in [0, 0.05) is 17.1 Å². The molecule has 0 amide bonds. The van der Waals surface area contributed by atoms with Crippen LogP contribution in [0.25, 0.3) is 5.69 Å². The first kappa shape index (κ1) is 13.1. The van der Waals surface area contributed by atoms with Crippen molar-refractivity contribution in [2.24, 2.45) is 5.73 Å². The molecule has 0 spiro atoms. The van der Waals surface area contributed by atoms with E-state index in [2.05, 4.69) is 25.0 Å². The van der Waals surface area contributed by atoms with Crippen LogP contribution in [0.3, 0.4) is 0 Å². The summed E-state index contributed by atoms with van der Waals surface area (Å²) < 4.78 is 1.98. The van der Waals surface area contributed by atoms with Gasteiger partial charge in [0.1, 0.15) is 0 Å². The van der Waals surface area contributed by atoms with Crippen molar-refractivity contribution in [1.82, 2.24) is 9.78 Å². The maximum Gasteiger partial charge on any atom is 0.0650 e. The van der Waals surface area contributed by atoms with Gasteiger partial charge in [-0.25, -0.2) is 4.68 Å². The summed E-state index contributed by atoms with van der Waals surface area (Å²) in [5.74, 6) is 0.416. The van der Waals surface area contributed by atoms with E-state index in [1.165, 1.54) is 5.69 Å². The summed E-state index contributed by atoms with van der Waals surface area (Å²) in [5, 5.41) is 5.35. The lowest BCUT2D eigenvalue weighted by Crippen LogP contribution is -2.05. The minimum absolute atomic E-state index is 0.416. The maximum atomic E-state index is 5.91. The van der Waals surface area contributed by atoms with E-state index in [9.17, 15) is 0 Å². The second kappa shape index (κ2) is 5.55. The van der Waals surface area contributed by atoms with Crippen molar-refractivity contribution >= 4 is 11.6 Å². The van der Waals surface area contributed by atoms with Crippen molar-refractivity contribution in [2.75, 3.05) is 6.54 Å². The Morgan fingerprint density at radius 3 is 2.50 bits per heavy atom. The number of rotatable bonds is 4. The highest BCUT2D eigenvalue weighted by Gasteiger charge is 2.12. The minimum Gasteiger partial charge on any atom is -0.330 e. The van der Waals surface area contributed by atoms with Gasteiger partial charge < -0.3 is 5.73 Å². The van der Waals surface area contributed by atoms with Gasteiger partial charge in [-0.05, 0) is 42.8 Å². The van der Waals surface area contributed by atoms with Gasteiger partial charge in [-0.3, -0.25) is 0 Å². The van der Waals surface area contributed by atoms with Crippen LogP contribution in [0.2, 0.25) is 5.02 Å². The molecule has 1 aromatic carbocycles. The zero-order valence-electron chi connectivity index (χ0n) is 10.7. The molecule has 3 nitrogen and oxygen atoms in total. The Morgan fingerprint density at radius 2 is 1.94 bits per heavy atom. The lowest BCUT2D eigenvalue weighted by atomic mass is 10.1. The second-order valence-electron chi connectivity index (χ2n) is 4.64. The van der Waals surface area contributed by atoms with Gasteiger partial charge in [0.2, 0.25) is 0 Å². The number of benzene rings is 1. The summed E-state index contributed by atoms with van der Waals surface area (Å²) in [4.78, 5) is 0. The molecule has 2 rings (SSSR count). The first-order valence-corrected chi connectivity index (χ1v) is 6.54. The van der Waals surface area contributed by atoms with Crippen molar-refractivity contribution in [1.29, 1.82) is 0 Å². The molecule has 0 saturated carbocycles. The SMILES string of the molecule is CC(C)c1cc(CCN)nn1-c1ccc(Cl)cc1. The van der Waals surface area contributed by atoms with Gasteiger partial charge in [0.05, 0.1) is 11.4 Å². The molecule has 2 N–H and O–H groups in total. The fourth-order valence-electron chi connectivity index (χ4n) is 1.92. The molecular formula is C14H18ClN3. The van der Waals surface area contributed by atoms with Gasteiger partial charge in [0.25, 0.3) is 0 Å². The highest BCUT2D eigenvalue weighted by atomic mass is 35.5. The number of nitrogens with two attached hydrogens (primary N) is 1. The molecule has 0 aliphatic heterocycles. The van der Waals surface area contributed by atoms with Crippen LogP contribution in [0.15, 0.2) is 30.3 Å². The fraction of sp³-hybridized carbons (Fsp3) is 0.357. The van der Waals surface area contributed by atoms with Crippen LogP contribution < -0.4 is 5.73 Å². The van der Waals surface area contributed by atoms with E-state index >= 15 is 0 Å². The molecular weight excluding hydrogens is 246 g/mol. The summed E-state index contributed by atoms with van der Waals surface area (Å²) in [7, 11) is 0. The van der Waals surface area contributed by atoms with E-state index in [1.54, 1.807) is 0 Å². The molecule has 0 aliphatic rings. The molecule has 0 bridgehead atoms. The van der Waals surface area contributed by atoms with Crippen LogP contribution in [0.5, 0.6) is 0 Å². The Balaban J connectivity index is 2.44. The Hall–Kier alpha value is -1.32. The largest absolute Gasteiger partial charge is 0.330 e. The van der Waals surface area contributed by atoms with Crippen molar-refractivity contribution in [3.8, 4) is 5.69 Å². The van der Waals surface area contributed by atoms with Gasteiger partial charge in [-0.15, -0.1) is 0 Å². The van der Waals surface area contributed by atoms with Crippen LogP contribution in [0, 0.1) is 0 Å². The lowest BCUT2D eigenvalue weighted by Gasteiger charge is -2.09. The van der Waals surface area contributed by atoms with E-state index < -0.39 is 0 Å². The van der Waals surface area contributed by atoms with Gasteiger partial charge in [-0.2, -0.15) is 5.10 Å². The average molecular weight is 264 g/mol. The predicted octanol–water partition coefficient (Wildman–Crippen LogP) is 3.15. The molecule has 0 aliphatic carbocycles. The number of nitrogens with zero attached hydrogens (tertiary/aromatic N) is 2. The number of halogens is 1. The lowest BCUT2D eigenvalue weighted by molar-refractivity contribution is 0.726. The third-order valence-corrected chi connectivity index (χ3v) is 3.10. The number of aromatic nitrogens is 2. The molecule has 0 unspecified atom stereocenters. The van der Waals surface area contributed by atoms with E-state index in [-0.39, 0.29) is 0 Å². The third kappa shape index (κ3) is 2.74. The monoisotopic (exact) mass is 263 g/mol.